The molecule has 0 saturated heterocycles. The number of anilines is 3. The summed E-state index contributed by atoms with van der Waals surface area (Å²) in [4.78, 5) is 16.6. The second-order valence-electron chi connectivity index (χ2n) is 5.79. The molecule has 0 aliphatic heterocycles. The summed E-state index contributed by atoms with van der Waals surface area (Å²) in [6.07, 6.45) is 2.57. The van der Waals surface area contributed by atoms with Crippen molar-refractivity contribution < 1.29 is 9.53 Å². The number of pyridine rings is 1. The molecule has 1 aromatic heterocycles. The molecule has 0 aliphatic carbocycles. The third-order valence-corrected chi connectivity index (χ3v) is 3.97. The first-order valence-corrected chi connectivity index (χ1v) is 8.45. The van der Waals surface area contributed by atoms with E-state index in [9.17, 15) is 4.79 Å². The average Bonchev–Trinajstić information content (AvgIpc) is 2.69. The van der Waals surface area contributed by atoms with Crippen LogP contribution >= 0.6 is 0 Å². The summed E-state index contributed by atoms with van der Waals surface area (Å²) in [5.74, 6) is 0.515. The predicted molar refractivity (Wildman–Crippen MR) is 104 cm³/mol. The number of carbonyl (C=O) groups is 1. The van der Waals surface area contributed by atoms with Gasteiger partial charge in [0.25, 0.3) is 5.91 Å². The van der Waals surface area contributed by atoms with E-state index in [0.29, 0.717) is 5.69 Å². The van der Waals surface area contributed by atoms with Crippen molar-refractivity contribution >= 4 is 23.0 Å². The molecule has 1 heterocycles. The van der Waals surface area contributed by atoms with Crippen molar-refractivity contribution in [1.29, 1.82) is 0 Å². The molecule has 2 aromatic carbocycles. The third-order valence-electron chi connectivity index (χ3n) is 3.97. The molecule has 3 aromatic rings. The van der Waals surface area contributed by atoms with E-state index in [-0.39, 0.29) is 5.91 Å². The smallest absolute Gasteiger partial charge is 0.274 e. The Kier molecular flexibility index (Phi) is 5.49. The summed E-state index contributed by atoms with van der Waals surface area (Å²) in [6, 6.07) is 18.9. The number of hydrogen-bond acceptors (Lipinski definition) is 4. The Morgan fingerprint density at radius 2 is 1.77 bits per heavy atom. The van der Waals surface area contributed by atoms with E-state index in [2.05, 4.69) is 22.5 Å². The van der Waals surface area contributed by atoms with Crippen molar-refractivity contribution in [2.75, 3.05) is 17.7 Å². The number of nitrogens with zero attached hydrogens (tertiary/aromatic N) is 1. The first kappa shape index (κ1) is 17.5. The van der Waals surface area contributed by atoms with E-state index < -0.39 is 0 Å². The lowest BCUT2D eigenvalue weighted by Gasteiger charge is -2.10. The van der Waals surface area contributed by atoms with Crippen LogP contribution in [-0.2, 0) is 6.42 Å². The Balaban J connectivity index is 1.72. The SMILES string of the molecule is CCc1ccc(NC(=O)c2cc(Nc3cccc(OC)c3)ccn2)cc1. The Labute approximate surface area is 153 Å². The van der Waals surface area contributed by atoms with Crippen molar-refractivity contribution in [1.82, 2.24) is 4.98 Å². The van der Waals surface area contributed by atoms with Gasteiger partial charge in [-0.1, -0.05) is 25.1 Å². The van der Waals surface area contributed by atoms with Crippen LogP contribution < -0.4 is 15.4 Å². The lowest BCUT2D eigenvalue weighted by Crippen LogP contribution is -2.13. The molecular formula is C21H21N3O2. The van der Waals surface area contributed by atoms with Gasteiger partial charge in [-0.3, -0.25) is 9.78 Å². The van der Waals surface area contributed by atoms with Crippen molar-refractivity contribution in [3.8, 4) is 5.75 Å². The summed E-state index contributed by atoms with van der Waals surface area (Å²) in [5.41, 5.74) is 3.97. The molecule has 0 unspecified atom stereocenters. The Bertz CT molecular complexity index is 892. The quantitative estimate of drug-likeness (QED) is 0.681. The monoisotopic (exact) mass is 347 g/mol. The molecule has 0 bridgehead atoms. The minimum absolute atomic E-state index is 0.247. The zero-order valence-electron chi connectivity index (χ0n) is 14.8. The molecule has 0 radical (unpaired) electrons. The minimum atomic E-state index is -0.247. The number of carbonyl (C=O) groups excluding carboxylic acids is 1. The van der Waals surface area contributed by atoms with Crippen LogP contribution in [0.2, 0.25) is 0 Å². The van der Waals surface area contributed by atoms with Gasteiger partial charge in [-0.15, -0.1) is 0 Å². The van der Waals surface area contributed by atoms with Gasteiger partial charge in [0.2, 0.25) is 0 Å². The van der Waals surface area contributed by atoms with E-state index >= 15 is 0 Å². The van der Waals surface area contributed by atoms with Crippen LogP contribution in [-0.4, -0.2) is 18.0 Å². The minimum Gasteiger partial charge on any atom is -0.497 e. The maximum absolute atomic E-state index is 12.5. The van der Waals surface area contributed by atoms with E-state index in [1.54, 1.807) is 19.4 Å². The molecule has 1 amide bonds. The highest BCUT2D eigenvalue weighted by Crippen LogP contribution is 2.21. The van der Waals surface area contributed by atoms with Crippen LogP contribution in [0, 0.1) is 0 Å². The Morgan fingerprint density at radius 3 is 2.50 bits per heavy atom. The molecule has 0 atom stereocenters. The summed E-state index contributed by atoms with van der Waals surface area (Å²) in [5, 5.41) is 6.12. The number of rotatable bonds is 6. The standard InChI is InChI=1S/C21H21N3O2/c1-3-15-7-9-16(10-8-15)24-21(25)20-14-18(11-12-22-20)23-17-5-4-6-19(13-17)26-2/h4-14H,3H2,1-2H3,(H,22,23)(H,24,25). The molecule has 0 spiro atoms. The maximum Gasteiger partial charge on any atom is 0.274 e. The van der Waals surface area contributed by atoms with E-state index in [1.165, 1.54) is 5.56 Å². The molecule has 26 heavy (non-hydrogen) atoms. The summed E-state index contributed by atoms with van der Waals surface area (Å²) < 4.78 is 5.22. The predicted octanol–water partition coefficient (Wildman–Crippen LogP) is 4.65. The fourth-order valence-corrected chi connectivity index (χ4v) is 2.52. The molecule has 3 rings (SSSR count). The zero-order valence-corrected chi connectivity index (χ0v) is 14.8. The van der Waals surface area contributed by atoms with Crippen LogP contribution in [0.3, 0.4) is 0 Å². The summed E-state index contributed by atoms with van der Waals surface area (Å²) in [7, 11) is 1.63. The van der Waals surface area contributed by atoms with Gasteiger partial charge in [0.1, 0.15) is 11.4 Å². The highest BCUT2D eigenvalue weighted by Gasteiger charge is 2.09. The molecule has 0 fully saturated rings. The number of nitrogens with one attached hydrogen (secondary N) is 2. The Hall–Kier alpha value is -3.34. The van der Waals surface area contributed by atoms with Gasteiger partial charge in [-0.25, -0.2) is 0 Å². The number of amides is 1. The van der Waals surface area contributed by atoms with E-state index in [0.717, 1.165) is 29.2 Å². The number of ether oxygens (including phenoxy) is 1. The molecule has 5 nitrogen and oxygen atoms in total. The van der Waals surface area contributed by atoms with Gasteiger partial charge in [0.15, 0.2) is 0 Å². The number of hydrogen-bond donors (Lipinski definition) is 2. The Morgan fingerprint density at radius 1 is 1.00 bits per heavy atom. The molecule has 5 heteroatoms. The molecule has 132 valence electrons. The van der Waals surface area contributed by atoms with Crippen LogP contribution in [0.5, 0.6) is 5.75 Å². The van der Waals surface area contributed by atoms with Gasteiger partial charge in [0, 0.05) is 29.3 Å². The average molecular weight is 347 g/mol. The van der Waals surface area contributed by atoms with Gasteiger partial charge in [-0.2, -0.15) is 0 Å². The van der Waals surface area contributed by atoms with E-state index in [4.69, 9.17) is 4.74 Å². The first-order valence-electron chi connectivity index (χ1n) is 8.45. The third kappa shape index (κ3) is 4.39. The van der Waals surface area contributed by atoms with Crippen molar-refractivity contribution in [2.45, 2.75) is 13.3 Å². The van der Waals surface area contributed by atoms with Crippen molar-refractivity contribution in [3.05, 3.63) is 78.1 Å². The largest absolute Gasteiger partial charge is 0.497 e. The lowest BCUT2D eigenvalue weighted by molar-refractivity contribution is 0.102. The van der Waals surface area contributed by atoms with Gasteiger partial charge in [-0.05, 0) is 48.4 Å². The second kappa shape index (κ2) is 8.16. The normalized spacial score (nSPS) is 10.2. The lowest BCUT2D eigenvalue weighted by atomic mass is 10.1. The molecule has 2 N–H and O–H groups in total. The van der Waals surface area contributed by atoms with Crippen LogP contribution in [0.1, 0.15) is 23.0 Å². The summed E-state index contributed by atoms with van der Waals surface area (Å²) >= 11 is 0. The second-order valence-corrected chi connectivity index (χ2v) is 5.79. The van der Waals surface area contributed by atoms with Crippen LogP contribution in [0.4, 0.5) is 17.1 Å². The first-order chi connectivity index (χ1) is 12.7. The maximum atomic E-state index is 12.5. The van der Waals surface area contributed by atoms with Crippen molar-refractivity contribution in [3.63, 3.8) is 0 Å². The van der Waals surface area contributed by atoms with Crippen LogP contribution in [0.25, 0.3) is 0 Å². The summed E-state index contributed by atoms with van der Waals surface area (Å²) in [6.45, 7) is 2.10. The fraction of sp³-hybridized carbons (Fsp3) is 0.143. The zero-order chi connectivity index (χ0) is 18.4. The fourth-order valence-electron chi connectivity index (χ4n) is 2.52. The topological polar surface area (TPSA) is 63.2 Å². The number of aryl methyl sites for hydroxylation is 1. The molecular weight excluding hydrogens is 326 g/mol. The highest BCUT2D eigenvalue weighted by molar-refractivity contribution is 6.03. The van der Waals surface area contributed by atoms with E-state index in [1.807, 2.05) is 54.6 Å². The van der Waals surface area contributed by atoms with Gasteiger partial charge < -0.3 is 15.4 Å². The van der Waals surface area contributed by atoms with Crippen LogP contribution in [0.15, 0.2) is 66.9 Å². The molecule has 0 saturated carbocycles. The molecule has 0 aliphatic rings. The van der Waals surface area contributed by atoms with Gasteiger partial charge in [0.05, 0.1) is 7.11 Å². The number of methoxy groups -OCH3 is 1. The number of benzene rings is 2. The van der Waals surface area contributed by atoms with Crippen molar-refractivity contribution in [2.24, 2.45) is 0 Å². The highest BCUT2D eigenvalue weighted by atomic mass is 16.5. The van der Waals surface area contributed by atoms with Gasteiger partial charge >= 0.3 is 0 Å². The number of aromatic nitrogens is 1.